The molecule has 4 N–H and O–H groups in total. The predicted octanol–water partition coefficient (Wildman–Crippen LogP) is 9.22. The van der Waals surface area contributed by atoms with Gasteiger partial charge in [0.15, 0.2) is 0 Å². The number of pyridine rings is 1. The van der Waals surface area contributed by atoms with E-state index in [2.05, 4.69) is 79.7 Å². The summed E-state index contributed by atoms with van der Waals surface area (Å²) in [4.78, 5) is 44.4. The van der Waals surface area contributed by atoms with Crippen LogP contribution in [0.5, 0.6) is 5.88 Å². The van der Waals surface area contributed by atoms with Crippen molar-refractivity contribution in [2.45, 2.75) is 145 Å². The normalized spacial score (nSPS) is 27.7. The predicted molar refractivity (Wildman–Crippen MR) is 304 cm³/mol. The van der Waals surface area contributed by atoms with E-state index in [9.17, 15) is 28.4 Å². The maximum atomic E-state index is 14.8. The Morgan fingerprint density at radius 3 is 2.42 bits per heavy atom. The Morgan fingerprint density at radius 2 is 1.66 bits per heavy atom. The summed E-state index contributed by atoms with van der Waals surface area (Å²) in [5.41, 5.74) is 4.96. The van der Waals surface area contributed by atoms with Gasteiger partial charge in [0.05, 0.1) is 52.5 Å². The van der Waals surface area contributed by atoms with Gasteiger partial charge in [-0.15, -0.1) is 0 Å². The van der Waals surface area contributed by atoms with Crippen LogP contribution in [0.2, 0.25) is 0 Å². The number of hydrogen-bond donors (Lipinski definition) is 4. The van der Waals surface area contributed by atoms with E-state index in [4.69, 9.17) is 19.2 Å². The minimum absolute atomic E-state index is 0.0650. The molecule has 0 unspecified atom stereocenters. The molecule has 6 fully saturated rings. The van der Waals surface area contributed by atoms with Gasteiger partial charge in [0.1, 0.15) is 23.1 Å². The third kappa shape index (κ3) is 10.5. The summed E-state index contributed by atoms with van der Waals surface area (Å²) in [5.74, 6) is 0.122. The highest BCUT2D eigenvalue weighted by Crippen LogP contribution is 2.56. The van der Waals surface area contributed by atoms with E-state index in [-0.39, 0.29) is 34.2 Å². The van der Waals surface area contributed by atoms with Gasteiger partial charge >= 0.3 is 0 Å². The molecule has 0 bridgehead atoms. The number of nitrogens with one attached hydrogen (secondary N) is 3. The van der Waals surface area contributed by atoms with Gasteiger partial charge in [-0.05, 0) is 155 Å². The molecule has 18 nitrogen and oxygen atoms in total. The molecule has 2 aliphatic carbocycles. The fraction of sp³-hybridized carbons (Fsp3) is 0.567. The van der Waals surface area contributed by atoms with Crippen LogP contribution < -0.4 is 24.6 Å². The molecule has 79 heavy (non-hydrogen) atoms. The van der Waals surface area contributed by atoms with Gasteiger partial charge in [0, 0.05) is 86.8 Å². The number of hydrogen-bond acceptors (Lipinski definition) is 15. The lowest BCUT2D eigenvalue weighted by Gasteiger charge is -2.62. The van der Waals surface area contributed by atoms with Crippen LogP contribution in [0.3, 0.4) is 0 Å². The molecule has 1 spiro atoms. The third-order valence-corrected chi connectivity index (χ3v) is 20.6. The number of ether oxygens (including phenoxy) is 3. The summed E-state index contributed by atoms with van der Waals surface area (Å²) in [6.07, 6.45) is 11.4. The van der Waals surface area contributed by atoms with Crippen molar-refractivity contribution in [2.75, 3.05) is 80.8 Å². The van der Waals surface area contributed by atoms with Crippen molar-refractivity contribution in [1.29, 1.82) is 0 Å². The summed E-state index contributed by atoms with van der Waals surface area (Å²) in [5, 5.41) is 26.9. The Balaban J connectivity index is 0.818. The van der Waals surface area contributed by atoms with Gasteiger partial charge in [-0.3, -0.25) is 24.7 Å². The number of benzene rings is 3. The Morgan fingerprint density at radius 1 is 0.886 bits per heavy atom. The van der Waals surface area contributed by atoms with E-state index < -0.39 is 43.1 Å². The molecule has 4 saturated heterocycles. The Labute approximate surface area is 463 Å². The molecular weight excluding hydrogens is 1020 g/mol. The number of nitro groups is 1. The summed E-state index contributed by atoms with van der Waals surface area (Å²) in [6.45, 7) is 16.4. The number of rotatable bonds is 13. The number of sulfonamides is 1. The first-order valence-corrected chi connectivity index (χ1v) is 30.4. The molecule has 2 saturated carbocycles. The fourth-order valence-corrected chi connectivity index (χ4v) is 15.5. The summed E-state index contributed by atoms with van der Waals surface area (Å²) in [6, 6.07) is 23.1. The summed E-state index contributed by atoms with van der Waals surface area (Å²) >= 11 is 0. The number of carbonyl (C=O) groups excluding carboxylic acids is 1. The molecule has 422 valence electrons. The van der Waals surface area contributed by atoms with Crippen LogP contribution in [0.1, 0.15) is 126 Å². The average Bonchev–Trinajstić information content (AvgIpc) is 4.02. The zero-order valence-corrected chi connectivity index (χ0v) is 46.9. The molecule has 7 heterocycles. The minimum Gasteiger partial charge on any atom is -0.468 e. The number of H-pyrrole nitrogens is 1. The first kappa shape index (κ1) is 53.8. The standard InChI is InChI=1S/C60H77N9O9S/c1-39(2)46-7-5-6-8-48(46)59(4)20-15-43(66-26-29-76-30-27-66)37-67(59)44-34-60(35-44)21-24-65(25-22-60)42-9-11-47(51(32-42)68-50-17-28-77-38-54(50)78-57-53(68)31-41-16-23-61-55(41)63-57)56(70)64-79(74,75)45-10-12-49(52(33-45)69(72)73)62-36-40-13-18-58(3,71)19-14-40/h5-12,16,23,31-33,39-40,43-44,50,54,62,71H,13-15,17-22,24-30,34-38H2,1-4H3,(H,61,63)(H,64,70)/t40-,43-,50-,54-,58-,59-/m0/s1. The maximum absolute atomic E-state index is 14.8. The van der Waals surface area contributed by atoms with Crippen molar-refractivity contribution in [2.24, 2.45) is 11.3 Å². The smallest absolute Gasteiger partial charge is 0.293 e. The Hall–Kier alpha value is -5.83. The van der Waals surface area contributed by atoms with Crippen molar-refractivity contribution in [3.8, 4) is 5.88 Å². The lowest BCUT2D eigenvalue weighted by Crippen LogP contribution is -2.65. The quantitative estimate of drug-likeness (QED) is 0.0640. The van der Waals surface area contributed by atoms with Gasteiger partial charge in [-0.25, -0.2) is 13.1 Å². The van der Waals surface area contributed by atoms with Crippen molar-refractivity contribution in [3.63, 3.8) is 0 Å². The van der Waals surface area contributed by atoms with Gasteiger partial charge < -0.3 is 39.4 Å². The zero-order valence-electron chi connectivity index (χ0n) is 46.1. The number of amides is 1. The van der Waals surface area contributed by atoms with Crippen molar-refractivity contribution in [1.82, 2.24) is 24.5 Å². The average molecular weight is 1100 g/mol. The Kier molecular flexibility index (Phi) is 14.5. The number of likely N-dealkylation sites (tertiary alicyclic amines) is 1. The molecule has 0 radical (unpaired) electrons. The van der Waals surface area contributed by atoms with E-state index in [1.165, 1.54) is 29.7 Å². The van der Waals surface area contributed by atoms with Crippen LogP contribution in [0.4, 0.5) is 28.4 Å². The van der Waals surface area contributed by atoms with E-state index in [1.54, 1.807) is 6.07 Å². The van der Waals surface area contributed by atoms with Crippen LogP contribution in [-0.2, 0) is 25.0 Å². The van der Waals surface area contributed by atoms with Crippen LogP contribution in [0.25, 0.3) is 11.0 Å². The fourth-order valence-electron chi connectivity index (χ4n) is 14.5. The highest BCUT2D eigenvalue weighted by molar-refractivity contribution is 7.90. The lowest BCUT2D eigenvalue weighted by atomic mass is 9.58. The molecule has 5 aliphatic heterocycles. The topological polar surface area (TPSA) is 208 Å². The lowest BCUT2D eigenvalue weighted by molar-refractivity contribution is -0.384. The van der Waals surface area contributed by atoms with E-state index in [0.717, 1.165) is 108 Å². The number of morpholine rings is 1. The molecule has 12 rings (SSSR count). The first-order chi connectivity index (χ1) is 38.0. The second-order valence-electron chi connectivity index (χ2n) is 24.6. The van der Waals surface area contributed by atoms with Gasteiger partial charge in [0.25, 0.3) is 21.6 Å². The molecular formula is C60H77N9O9S. The van der Waals surface area contributed by atoms with Crippen LogP contribution in [0, 0.1) is 21.4 Å². The highest BCUT2D eigenvalue weighted by Gasteiger charge is 2.54. The Bertz CT molecular complexity index is 3190. The summed E-state index contributed by atoms with van der Waals surface area (Å²) < 4.78 is 49.2. The number of fused-ring (bicyclic) bond motifs is 3. The van der Waals surface area contributed by atoms with Crippen LogP contribution >= 0.6 is 0 Å². The minimum atomic E-state index is -4.63. The third-order valence-electron chi connectivity index (χ3n) is 19.3. The number of piperidine rings is 2. The van der Waals surface area contributed by atoms with Gasteiger partial charge in [-0.1, -0.05) is 38.1 Å². The first-order valence-electron chi connectivity index (χ1n) is 28.9. The van der Waals surface area contributed by atoms with Crippen LogP contribution in [-0.4, -0.2) is 140 Å². The molecule has 2 aromatic heterocycles. The number of nitrogens with zero attached hydrogens (tertiary/aromatic N) is 6. The molecule has 4 atom stereocenters. The van der Waals surface area contributed by atoms with Crippen LogP contribution in [0.15, 0.2) is 83.9 Å². The molecule has 5 aromatic rings. The zero-order chi connectivity index (χ0) is 54.8. The molecule has 3 aromatic carbocycles. The number of carbonyl (C=O) groups is 1. The molecule has 7 aliphatic rings. The molecule has 19 heteroatoms. The number of nitro benzene ring substituents is 1. The van der Waals surface area contributed by atoms with E-state index >= 15 is 0 Å². The van der Waals surface area contributed by atoms with Gasteiger partial charge in [-0.2, -0.15) is 4.98 Å². The van der Waals surface area contributed by atoms with E-state index in [1.807, 2.05) is 37.4 Å². The van der Waals surface area contributed by atoms with E-state index in [0.29, 0.717) is 79.9 Å². The number of anilines is 4. The van der Waals surface area contributed by atoms with Crippen molar-refractivity contribution in [3.05, 3.63) is 106 Å². The molecule has 1 amide bonds. The monoisotopic (exact) mass is 1100 g/mol. The second-order valence-corrected chi connectivity index (χ2v) is 26.3. The number of aromatic amines is 1. The highest BCUT2D eigenvalue weighted by atomic mass is 32.2. The largest absolute Gasteiger partial charge is 0.468 e. The van der Waals surface area contributed by atoms with Crippen molar-refractivity contribution < 1.29 is 37.5 Å². The SMILES string of the molecule is CC(C)c1ccccc1[C@]1(C)CC[C@H](N2CCOCC2)CN1C1CC2(CCN(c3ccc(C(=O)NS(=O)(=O)c4ccc(NC[C@H]5CC[C@](C)(O)CC5)c([N+](=O)[O-])c4)c(N4c5cc6cc[nH]c6nc5O[C@H]5COCC[C@@H]54)c3)CC2)C1. The number of aromatic nitrogens is 2. The maximum Gasteiger partial charge on any atom is 0.293 e. The summed E-state index contributed by atoms with van der Waals surface area (Å²) in [7, 11) is -4.63. The van der Waals surface area contributed by atoms with Crippen molar-refractivity contribution >= 4 is 55.4 Å². The number of aliphatic hydroxyl groups is 1. The second kappa shape index (κ2) is 21.2. The van der Waals surface area contributed by atoms with Gasteiger partial charge in [0.2, 0.25) is 5.88 Å².